The number of aliphatic hydroxyl groups is 1. The van der Waals surface area contributed by atoms with Gasteiger partial charge in [-0.15, -0.1) is 13.0 Å². The average molecular weight is 388 g/mol. The molecule has 1 atom stereocenters. The lowest BCUT2D eigenvalue weighted by molar-refractivity contribution is 0.0497. The van der Waals surface area contributed by atoms with E-state index >= 15 is 0 Å². The number of methoxy groups -OCH3 is 1. The highest BCUT2D eigenvalue weighted by molar-refractivity contribution is 5.43. The Labute approximate surface area is 169 Å². The largest absolute Gasteiger partial charge is 0.493 e. The molecule has 0 unspecified atom stereocenters. The van der Waals surface area contributed by atoms with Crippen LogP contribution >= 0.6 is 0 Å². The second kappa shape index (κ2) is 11.7. The first-order valence-corrected chi connectivity index (χ1v) is 9.71. The molecule has 0 spiro atoms. The van der Waals surface area contributed by atoms with Crippen LogP contribution in [-0.4, -0.2) is 92.5 Å². The van der Waals surface area contributed by atoms with Crippen LogP contribution in [0.5, 0.6) is 11.5 Å². The molecule has 154 valence electrons. The van der Waals surface area contributed by atoms with Crippen LogP contribution in [0, 0.1) is 12.3 Å². The number of terminal acetylenes is 1. The molecule has 0 radical (unpaired) electrons. The van der Waals surface area contributed by atoms with E-state index < -0.39 is 6.10 Å². The molecular weight excluding hydrogens is 354 g/mol. The van der Waals surface area contributed by atoms with Gasteiger partial charge in [0.05, 0.1) is 13.7 Å². The highest BCUT2D eigenvalue weighted by Crippen LogP contribution is 2.28. The summed E-state index contributed by atoms with van der Waals surface area (Å²) in [5, 5.41) is 10.4. The normalized spacial score (nSPS) is 16.5. The monoisotopic (exact) mass is 387 g/mol. The summed E-state index contributed by atoms with van der Waals surface area (Å²) < 4.78 is 11.3. The number of ether oxygens (including phenoxy) is 2. The van der Waals surface area contributed by atoms with Gasteiger partial charge in [-0.1, -0.05) is 18.1 Å². The first-order valence-electron chi connectivity index (χ1n) is 9.71. The van der Waals surface area contributed by atoms with E-state index in [0.29, 0.717) is 31.1 Å². The van der Waals surface area contributed by atoms with E-state index in [0.717, 1.165) is 38.3 Å². The number of rotatable bonds is 11. The molecule has 0 aliphatic carbocycles. The van der Waals surface area contributed by atoms with Crippen molar-refractivity contribution in [1.29, 1.82) is 0 Å². The molecule has 6 nitrogen and oxygen atoms in total. The number of benzene rings is 1. The molecule has 6 heteroatoms. The van der Waals surface area contributed by atoms with E-state index in [4.69, 9.17) is 15.9 Å². The van der Waals surface area contributed by atoms with E-state index in [1.54, 1.807) is 7.11 Å². The average Bonchev–Trinajstić information content (AvgIpc) is 2.69. The molecule has 1 aromatic carbocycles. The van der Waals surface area contributed by atoms with Gasteiger partial charge in [-0.3, -0.25) is 9.80 Å². The Hall–Kier alpha value is -2.04. The number of hydrogen-bond donors (Lipinski definition) is 1. The lowest BCUT2D eigenvalue weighted by atomic mass is 10.2. The number of nitrogens with zero attached hydrogens (tertiary/aromatic N) is 3. The van der Waals surface area contributed by atoms with Gasteiger partial charge in [0.1, 0.15) is 12.7 Å². The Bertz CT molecular complexity index is 651. The van der Waals surface area contributed by atoms with Crippen molar-refractivity contribution >= 4 is 0 Å². The van der Waals surface area contributed by atoms with Crippen LogP contribution in [0.2, 0.25) is 0 Å². The lowest BCUT2D eigenvalue weighted by Gasteiger charge is -2.33. The van der Waals surface area contributed by atoms with Gasteiger partial charge in [0.2, 0.25) is 0 Å². The van der Waals surface area contributed by atoms with Crippen LogP contribution < -0.4 is 9.47 Å². The summed E-state index contributed by atoms with van der Waals surface area (Å²) in [6.07, 6.45) is 6.74. The van der Waals surface area contributed by atoms with Gasteiger partial charge in [-0.25, -0.2) is 0 Å². The van der Waals surface area contributed by atoms with E-state index in [-0.39, 0.29) is 6.61 Å². The third-order valence-corrected chi connectivity index (χ3v) is 4.83. The highest BCUT2D eigenvalue weighted by Gasteiger charge is 2.18. The topological polar surface area (TPSA) is 48.4 Å². The summed E-state index contributed by atoms with van der Waals surface area (Å²) in [5.74, 6) is 3.96. The van der Waals surface area contributed by atoms with Crippen LogP contribution in [0.15, 0.2) is 30.9 Å². The van der Waals surface area contributed by atoms with Crippen molar-refractivity contribution in [2.75, 3.05) is 66.6 Å². The van der Waals surface area contributed by atoms with Gasteiger partial charge in [0.25, 0.3) is 0 Å². The Kier molecular flexibility index (Phi) is 9.32. The zero-order valence-corrected chi connectivity index (χ0v) is 17.1. The van der Waals surface area contributed by atoms with E-state index in [1.165, 1.54) is 0 Å². The summed E-state index contributed by atoms with van der Waals surface area (Å²) in [6, 6.07) is 5.84. The minimum absolute atomic E-state index is 0.229. The van der Waals surface area contributed by atoms with Gasteiger partial charge < -0.3 is 19.5 Å². The minimum Gasteiger partial charge on any atom is -0.493 e. The summed E-state index contributed by atoms with van der Waals surface area (Å²) >= 11 is 0. The minimum atomic E-state index is -0.546. The predicted octanol–water partition coefficient (Wildman–Crippen LogP) is 1.30. The van der Waals surface area contributed by atoms with Gasteiger partial charge in [0.15, 0.2) is 11.5 Å². The lowest BCUT2D eigenvalue weighted by Crippen LogP contribution is -2.47. The van der Waals surface area contributed by atoms with Gasteiger partial charge in [0, 0.05) is 45.8 Å². The maximum Gasteiger partial charge on any atom is 0.161 e. The third-order valence-electron chi connectivity index (χ3n) is 4.83. The Morgan fingerprint density at radius 2 is 2.07 bits per heavy atom. The fourth-order valence-corrected chi connectivity index (χ4v) is 3.25. The van der Waals surface area contributed by atoms with Crippen molar-refractivity contribution in [1.82, 2.24) is 14.7 Å². The standard InChI is InChI=1S/C22H33N3O3/c1-5-9-24(10-6-2)16-19-7-8-21(27-4)22(15-19)28-18-20(26)17-25-13-11-23(3)12-14-25/h1,6-8,15,20,26H,2,9-14,16-18H2,3-4H3/t20-/m0/s1. The van der Waals surface area contributed by atoms with Crippen molar-refractivity contribution in [2.24, 2.45) is 0 Å². The molecule has 0 amide bonds. The quantitative estimate of drug-likeness (QED) is 0.456. The highest BCUT2D eigenvalue weighted by atomic mass is 16.5. The van der Waals surface area contributed by atoms with Crippen molar-refractivity contribution in [2.45, 2.75) is 12.6 Å². The molecule has 1 heterocycles. The van der Waals surface area contributed by atoms with Crippen molar-refractivity contribution in [3.05, 3.63) is 36.4 Å². The zero-order valence-electron chi connectivity index (χ0n) is 17.1. The second-order valence-electron chi connectivity index (χ2n) is 7.22. The smallest absolute Gasteiger partial charge is 0.161 e. The van der Waals surface area contributed by atoms with Gasteiger partial charge >= 0.3 is 0 Å². The molecule has 1 aliphatic rings. The number of likely N-dealkylation sites (N-methyl/N-ethyl adjacent to an activating group) is 1. The number of hydrogen-bond acceptors (Lipinski definition) is 6. The molecule has 1 aromatic rings. The molecule has 0 bridgehead atoms. The Balaban J connectivity index is 1.93. The molecule has 28 heavy (non-hydrogen) atoms. The summed E-state index contributed by atoms with van der Waals surface area (Å²) in [5.41, 5.74) is 1.07. The van der Waals surface area contributed by atoms with Crippen molar-refractivity contribution in [3.8, 4) is 23.8 Å². The van der Waals surface area contributed by atoms with Crippen LogP contribution in [0.3, 0.4) is 0 Å². The molecule has 1 fully saturated rings. The summed E-state index contributed by atoms with van der Waals surface area (Å²) in [4.78, 5) is 6.68. The summed E-state index contributed by atoms with van der Waals surface area (Å²) in [6.45, 7) is 10.6. The first-order chi connectivity index (χ1) is 13.5. The van der Waals surface area contributed by atoms with E-state index in [1.807, 2.05) is 24.3 Å². The SMILES string of the molecule is C#CCN(CC=C)Cc1ccc(OC)c(OC[C@@H](O)CN2CCN(C)CC2)c1. The number of β-amino-alcohol motifs (C(OH)–C–C–N with tert-alkyl or cyclic N) is 1. The molecule has 0 aromatic heterocycles. The fraction of sp³-hybridized carbons (Fsp3) is 0.545. The maximum absolute atomic E-state index is 10.4. The van der Waals surface area contributed by atoms with E-state index in [2.05, 4.69) is 34.2 Å². The first kappa shape index (κ1) is 22.3. The molecule has 0 saturated carbocycles. The van der Waals surface area contributed by atoms with E-state index in [9.17, 15) is 5.11 Å². The van der Waals surface area contributed by atoms with Crippen molar-refractivity contribution < 1.29 is 14.6 Å². The molecule has 1 aliphatic heterocycles. The van der Waals surface area contributed by atoms with Crippen LogP contribution in [0.25, 0.3) is 0 Å². The number of aliphatic hydroxyl groups excluding tert-OH is 1. The van der Waals surface area contributed by atoms with Crippen LogP contribution in [0.4, 0.5) is 0 Å². The second-order valence-corrected chi connectivity index (χ2v) is 7.22. The Morgan fingerprint density at radius 3 is 2.71 bits per heavy atom. The molecule has 1 saturated heterocycles. The fourth-order valence-electron chi connectivity index (χ4n) is 3.25. The molecule has 2 rings (SSSR count). The van der Waals surface area contributed by atoms with Crippen molar-refractivity contribution in [3.63, 3.8) is 0 Å². The maximum atomic E-state index is 10.4. The molecule has 1 N–H and O–H groups in total. The van der Waals surface area contributed by atoms with Crippen LogP contribution in [0.1, 0.15) is 5.56 Å². The summed E-state index contributed by atoms with van der Waals surface area (Å²) in [7, 11) is 3.74. The van der Waals surface area contributed by atoms with Crippen LogP contribution in [-0.2, 0) is 6.54 Å². The van der Waals surface area contributed by atoms with Gasteiger partial charge in [-0.05, 0) is 24.7 Å². The zero-order chi connectivity index (χ0) is 20.4. The molecular formula is C22H33N3O3. The van der Waals surface area contributed by atoms with Gasteiger partial charge in [-0.2, -0.15) is 0 Å². The number of piperazine rings is 1. The Morgan fingerprint density at radius 1 is 1.32 bits per heavy atom. The third kappa shape index (κ3) is 7.17. The predicted molar refractivity (Wildman–Crippen MR) is 113 cm³/mol.